The minimum atomic E-state index is -0.558. The largest absolute Gasteiger partial charge is 0.389 e. The Bertz CT molecular complexity index is 493. The van der Waals surface area contributed by atoms with E-state index >= 15 is 0 Å². The summed E-state index contributed by atoms with van der Waals surface area (Å²) in [6.45, 7) is 3.10. The number of amides is 1. The molecule has 1 saturated carbocycles. The third-order valence-electron chi connectivity index (χ3n) is 4.47. The molecule has 3 rings (SSSR count). The second-order valence-corrected chi connectivity index (χ2v) is 5.81. The molecule has 1 aromatic heterocycles. The first kappa shape index (κ1) is 15.3. The Morgan fingerprint density at radius 2 is 2.18 bits per heavy atom. The zero-order chi connectivity index (χ0) is 15.4. The Balaban J connectivity index is 1.62. The predicted molar refractivity (Wildman–Crippen MR) is 79.3 cm³/mol. The number of ether oxygens (including phenoxy) is 1. The van der Waals surface area contributed by atoms with Crippen LogP contribution in [0.25, 0.3) is 0 Å². The van der Waals surface area contributed by atoms with Gasteiger partial charge in [0.25, 0.3) is 5.91 Å². The number of rotatable bonds is 3. The second kappa shape index (κ2) is 7.13. The zero-order valence-corrected chi connectivity index (χ0v) is 12.5. The summed E-state index contributed by atoms with van der Waals surface area (Å²) in [5.74, 6) is -0.255. The Kier molecular flexibility index (Phi) is 4.97. The number of carbonyl (C=O) groups is 1. The van der Waals surface area contributed by atoms with E-state index in [0.29, 0.717) is 18.9 Å². The summed E-state index contributed by atoms with van der Waals surface area (Å²) in [7, 11) is 0. The second-order valence-electron chi connectivity index (χ2n) is 5.81. The smallest absolute Gasteiger partial charge is 0.270 e. The number of aromatic nitrogens is 2. The molecule has 0 aromatic carbocycles. The van der Waals surface area contributed by atoms with Gasteiger partial charge in [-0.1, -0.05) is 0 Å². The van der Waals surface area contributed by atoms with E-state index in [-0.39, 0.29) is 18.0 Å². The summed E-state index contributed by atoms with van der Waals surface area (Å²) < 4.78 is 5.37. The molecule has 1 aromatic rings. The SMILES string of the molecule is O=C(N[C@@H]1CCC[C@@H](N2CCOCC2)[C@@H]1O)c1ccncn1. The minimum Gasteiger partial charge on any atom is -0.389 e. The van der Waals surface area contributed by atoms with Crippen molar-refractivity contribution in [3.8, 4) is 0 Å². The number of aliphatic hydroxyl groups excluding tert-OH is 1. The molecule has 1 saturated heterocycles. The van der Waals surface area contributed by atoms with E-state index in [4.69, 9.17) is 4.74 Å². The van der Waals surface area contributed by atoms with Crippen LogP contribution in [0.2, 0.25) is 0 Å². The van der Waals surface area contributed by atoms with Crippen LogP contribution in [0.3, 0.4) is 0 Å². The van der Waals surface area contributed by atoms with Gasteiger partial charge in [0.2, 0.25) is 0 Å². The molecule has 7 nitrogen and oxygen atoms in total. The van der Waals surface area contributed by atoms with Crippen molar-refractivity contribution in [1.29, 1.82) is 0 Å². The number of carbonyl (C=O) groups excluding carboxylic acids is 1. The summed E-state index contributed by atoms with van der Waals surface area (Å²) in [5.41, 5.74) is 0.329. The van der Waals surface area contributed by atoms with E-state index in [1.165, 1.54) is 12.5 Å². The molecule has 1 aliphatic carbocycles. The molecule has 120 valence electrons. The molecule has 2 fully saturated rings. The summed E-state index contributed by atoms with van der Waals surface area (Å²) in [6.07, 6.45) is 5.07. The lowest BCUT2D eigenvalue weighted by Gasteiger charge is -2.42. The number of morpholine rings is 1. The van der Waals surface area contributed by atoms with Crippen LogP contribution >= 0.6 is 0 Å². The van der Waals surface area contributed by atoms with Gasteiger partial charge in [0.05, 0.1) is 25.4 Å². The van der Waals surface area contributed by atoms with Crippen LogP contribution in [0, 0.1) is 0 Å². The van der Waals surface area contributed by atoms with Crippen molar-refractivity contribution in [2.24, 2.45) is 0 Å². The fraction of sp³-hybridized carbons (Fsp3) is 0.667. The topological polar surface area (TPSA) is 87.6 Å². The normalized spacial score (nSPS) is 30.0. The van der Waals surface area contributed by atoms with E-state index in [0.717, 1.165) is 32.4 Å². The number of nitrogens with zero attached hydrogens (tertiary/aromatic N) is 3. The van der Waals surface area contributed by atoms with Crippen molar-refractivity contribution in [3.05, 3.63) is 24.3 Å². The van der Waals surface area contributed by atoms with Crippen LogP contribution in [0.4, 0.5) is 0 Å². The average molecular weight is 306 g/mol. The molecule has 2 N–H and O–H groups in total. The molecule has 7 heteroatoms. The maximum Gasteiger partial charge on any atom is 0.270 e. The zero-order valence-electron chi connectivity index (χ0n) is 12.5. The number of hydrogen-bond acceptors (Lipinski definition) is 6. The van der Waals surface area contributed by atoms with Gasteiger partial charge in [0.1, 0.15) is 12.0 Å². The standard InChI is InChI=1S/C15H22N4O3/c20-14-11(18-15(21)12-4-5-16-10-17-12)2-1-3-13(14)19-6-8-22-9-7-19/h4-5,10-11,13-14,20H,1-3,6-9H2,(H,18,21)/t11-,13-,14-/m1/s1. The maximum absolute atomic E-state index is 12.2. The van der Waals surface area contributed by atoms with E-state index in [1.807, 2.05) is 0 Å². The van der Waals surface area contributed by atoms with Crippen molar-refractivity contribution in [2.45, 2.75) is 37.5 Å². The number of aliphatic hydroxyl groups is 1. The molecule has 0 unspecified atom stereocenters. The van der Waals surface area contributed by atoms with Crippen LogP contribution in [0.5, 0.6) is 0 Å². The van der Waals surface area contributed by atoms with Gasteiger partial charge in [0.15, 0.2) is 0 Å². The monoisotopic (exact) mass is 306 g/mol. The van der Waals surface area contributed by atoms with E-state index in [1.54, 1.807) is 6.07 Å². The number of nitrogens with one attached hydrogen (secondary N) is 1. The summed E-state index contributed by atoms with van der Waals surface area (Å²) in [5, 5.41) is 13.6. The minimum absolute atomic E-state index is 0.0911. The van der Waals surface area contributed by atoms with Gasteiger partial charge in [0, 0.05) is 25.3 Å². The molecule has 1 amide bonds. The lowest BCUT2D eigenvalue weighted by molar-refractivity contribution is -0.0459. The molecule has 0 spiro atoms. The van der Waals surface area contributed by atoms with Crippen molar-refractivity contribution >= 4 is 5.91 Å². The Hall–Kier alpha value is -1.57. The fourth-order valence-corrected chi connectivity index (χ4v) is 3.29. The number of hydrogen-bond donors (Lipinski definition) is 2. The molecule has 3 atom stereocenters. The van der Waals surface area contributed by atoms with Gasteiger partial charge >= 0.3 is 0 Å². The van der Waals surface area contributed by atoms with Gasteiger partial charge in [-0.05, 0) is 25.3 Å². The van der Waals surface area contributed by atoms with Crippen molar-refractivity contribution in [2.75, 3.05) is 26.3 Å². The van der Waals surface area contributed by atoms with E-state index in [9.17, 15) is 9.90 Å². The first-order valence-electron chi connectivity index (χ1n) is 7.82. The highest BCUT2D eigenvalue weighted by molar-refractivity contribution is 5.92. The van der Waals surface area contributed by atoms with Crippen LogP contribution in [0.15, 0.2) is 18.6 Å². The van der Waals surface area contributed by atoms with Crippen LogP contribution in [0.1, 0.15) is 29.8 Å². The lowest BCUT2D eigenvalue weighted by Crippen LogP contribution is -2.58. The van der Waals surface area contributed by atoms with Crippen LogP contribution < -0.4 is 5.32 Å². The van der Waals surface area contributed by atoms with Crippen molar-refractivity contribution in [1.82, 2.24) is 20.2 Å². The Labute approximate surface area is 129 Å². The first-order chi connectivity index (χ1) is 10.8. The Morgan fingerprint density at radius 1 is 1.36 bits per heavy atom. The highest BCUT2D eigenvalue weighted by Gasteiger charge is 2.36. The van der Waals surface area contributed by atoms with E-state index in [2.05, 4.69) is 20.2 Å². The predicted octanol–water partition coefficient (Wildman–Crippen LogP) is -0.179. The average Bonchev–Trinajstić information content (AvgIpc) is 2.58. The highest BCUT2D eigenvalue weighted by atomic mass is 16.5. The van der Waals surface area contributed by atoms with Gasteiger partial charge in [-0.3, -0.25) is 9.69 Å². The van der Waals surface area contributed by atoms with Gasteiger partial charge in [-0.15, -0.1) is 0 Å². The van der Waals surface area contributed by atoms with Gasteiger partial charge in [-0.2, -0.15) is 0 Å². The fourth-order valence-electron chi connectivity index (χ4n) is 3.29. The maximum atomic E-state index is 12.2. The molecular formula is C15H22N4O3. The van der Waals surface area contributed by atoms with Crippen LogP contribution in [-0.2, 0) is 4.74 Å². The van der Waals surface area contributed by atoms with Gasteiger partial charge in [-0.25, -0.2) is 9.97 Å². The van der Waals surface area contributed by atoms with E-state index < -0.39 is 6.10 Å². The third kappa shape index (κ3) is 3.43. The van der Waals surface area contributed by atoms with Crippen molar-refractivity contribution < 1.29 is 14.6 Å². The Morgan fingerprint density at radius 3 is 2.91 bits per heavy atom. The molecular weight excluding hydrogens is 284 g/mol. The van der Waals surface area contributed by atoms with Crippen molar-refractivity contribution in [3.63, 3.8) is 0 Å². The molecule has 2 heterocycles. The molecule has 2 aliphatic rings. The third-order valence-corrected chi connectivity index (χ3v) is 4.47. The molecule has 1 aliphatic heterocycles. The molecule has 0 radical (unpaired) electrons. The molecule has 0 bridgehead atoms. The summed E-state index contributed by atoms with van der Waals surface area (Å²) >= 11 is 0. The first-order valence-corrected chi connectivity index (χ1v) is 7.82. The van der Waals surface area contributed by atoms with Crippen LogP contribution in [-0.4, -0.2) is 70.4 Å². The molecule has 22 heavy (non-hydrogen) atoms. The summed E-state index contributed by atoms with van der Waals surface area (Å²) in [4.78, 5) is 22.2. The summed E-state index contributed by atoms with van der Waals surface area (Å²) in [6, 6.07) is 1.43. The van der Waals surface area contributed by atoms with Gasteiger partial charge < -0.3 is 15.2 Å². The highest BCUT2D eigenvalue weighted by Crippen LogP contribution is 2.24. The lowest BCUT2D eigenvalue weighted by atomic mass is 9.86. The quantitative estimate of drug-likeness (QED) is 0.805.